The van der Waals surface area contributed by atoms with Crippen LogP contribution in [0.1, 0.15) is 54.4 Å². The summed E-state index contributed by atoms with van der Waals surface area (Å²) in [5.74, 6) is 0.527. The van der Waals surface area contributed by atoms with Crippen molar-refractivity contribution in [2.45, 2.75) is 51.5 Å². The molecule has 0 aliphatic heterocycles. The van der Waals surface area contributed by atoms with Crippen LogP contribution in [-0.2, 0) is 0 Å². The third-order valence-corrected chi connectivity index (χ3v) is 8.34. The van der Waals surface area contributed by atoms with E-state index in [-0.39, 0.29) is 30.2 Å². The number of nitrogens with one attached hydrogen (secondary N) is 1. The van der Waals surface area contributed by atoms with E-state index in [2.05, 4.69) is 22.2 Å². The molecule has 2 saturated carbocycles. The quantitative estimate of drug-likeness (QED) is 0.314. The van der Waals surface area contributed by atoms with Crippen molar-refractivity contribution >= 4 is 34.0 Å². The summed E-state index contributed by atoms with van der Waals surface area (Å²) in [4.78, 5) is 20.1. The Morgan fingerprint density at radius 1 is 1.14 bits per heavy atom. The number of carbonyl (C=O) groups is 1. The minimum atomic E-state index is -0.335. The molecule has 0 bridgehead atoms. The smallest absolute Gasteiger partial charge is 0.169 e. The second-order valence-corrected chi connectivity index (χ2v) is 11.2. The monoisotopic (exact) mass is 523 g/mol. The van der Waals surface area contributed by atoms with Gasteiger partial charge in [0, 0.05) is 47.2 Å². The highest BCUT2D eigenvalue weighted by Crippen LogP contribution is 2.39. The van der Waals surface area contributed by atoms with Crippen LogP contribution in [0.5, 0.6) is 0 Å². The maximum Gasteiger partial charge on any atom is 0.169 e. The van der Waals surface area contributed by atoms with Gasteiger partial charge >= 0.3 is 0 Å². The average Bonchev–Trinajstić information content (AvgIpc) is 3.73. The first kappa shape index (κ1) is 26.1. The summed E-state index contributed by atoms with van der Waals surface area (Å²) in [6.45, 7) is 3.55. The van der Waals surface area contributed by atoms with Crippen LogP contribution in [0.15, 0.2) is 36.5 Å². The number of rotatable bonds is 9. The number of likely N-dealkylation sites (N-methyl/N-ethyl adjacent to an activating group) is 1. The SMILES string of the molecule is Cc1c(F)cc(-c2ccc3ncc(C(=O)C4CC4)c(N[C@H]4CC[C@H](CN(C)CCO)CC4)c3c2)cc1Cl. The van der Waals surface area contributed by atoms with Crippen LogP contribution in [0.3, 0.4) is 0 Å². The molecule has 2 aromatic carbocycles. The van der Waals surface area contributed by atoms with Gasteiger partial charge in [-0.05, 0) is 93.8 Å². The first-order valence-corrected chi connectivity index (χ1v) is 13.7. The van der Waals surface area contributed by atoms with Crippen molar-refractivity contribution < 1.29 is 14.3 Å². The minimum absolute atomic E-state index is 0.0887. The van der Waals surface area contributed by atoms with E-state index in [1.807, 2.05) is 18.2 Å². The third-order valence-electron chi connectivity index (χ3n) is 7.94. The lowest BCUT2D eigenvalue weighted by molar-refractivity contribution is 0.0968. The highest BCUT2D eigenvalue weighted by Gasteiger charge is 2.33. The van der Waals surface area contributed by atoms with Crippen molar-refractivity contribution in [3.63, 3.8) is 0 Å². The fourth-order valence-electron chi connectivity index (χ4n) is 5.49. The number of benzene rings is 2. The summed E-state index contributed by atoms with van der Waals surface area (Å²) >= 11 is 6.29. The molecule has 0 amide bonds. The van der Waals surface area contributed by atoms with Gasteiger partial charge in [0.1, 0.15) is 5.82 Å². The predicted molar refractivity (Wildman–Crippen MR) is 148 cm³/mol. The van der Waals surface area contributed by atoms with Crippen molar-refractivity contribution in [2.75, 3.05) is 32.1 Å². The van der Waals surface area contributed by atoms with Gasteiger partial charge in [0.05, 0.1) is 23.4 Å². The molecule has 2 aliphatic carbocycles. The third kappa shape index (κ3) is 5.82. The first-order valence-electron chi connectivity index (χ1n) is 13.3. The maximum absolute atomic E-state index is 14.5. The number of hydrogen-bond donors (Lipinski definition) is 2. The van der Waals surface area contributed by atoms with Gasteiger partial charge in [0.25, 0.3) is 0 Å². The van der Waals surface area contributed by atoms with Gasteiger partial charge in [-0.2, -0.15) is 0 Å². The van der Waals surface area contributed by atoms with E-state index in [1.54, 1.807) is 19.2 Å². The highest BCUT2D eigenvalue weighted by atomic mass is 35.5. The van der Waals surface area contributed by atoms with Crippen LogP contribution < -0.4 is 5.32 Å². The second-order valence-electron chi connectivity index (χ2n) is 10.8. The number of anilines is 1. The van der Waals surface area contributed by atoms with Crippen molar-refractivity contribution in [3.05, 3.63) is 58.5 Å². The Kier molecular flexibility index (Phi) is 7.80. The van der Waals surface area contributed by atoms with E-state index in [1.165, 1.54) is 6.07 Å². The molecule has 2 N–H and O–H groups in total. The van der Waals surface area contributed by atoms with Crippen molar-refractivity contribution in [1.82, 2.24) is 9.88 Å². The molecule has 0 unspecified atom stereocenters. The predicted octanol–water partition coefficient (Wildman–Crippen LogP) is 6.49. The topological polar surface area (TPSA) is 65.5 Å². The number of carbonyl (C=O) groups excluding carboxylic acids is 1. The molecule has 196 valence electrons. The molecule has 5 rings (SSSR count). The maximum atomic E-state index is 14.5. The van der Waals surface area contributed by atoms with E-state index in [9.17, 15) is 14.3 Å². The van der Waals surface area contributed by atoms with Gasteiger partial charge in [0.15, 0.2) is 5.78 Å². The minimum Gasteiger partial charge on any atom is -0.395 e. The van der Waals surface area contributed by atoms with Gasteiger partial charge < -0.3 is 15.3 Å². The van der Waals surface area contributed by atoms with E-state index in [0.717, 1.165) is 67.2 Å². The molecule has 5 nitrogen and oxygen atoms in total. The van der Waals surface area contributed by atoms with Crippen LogP contribution in [0, 0.1) is 24.6 Å². The molecule has 2 fully saturated rings. The summed E-state index contributed by atoms with van der Waals surface area (Å²) in [5, 5.41) is 14.2. The van der Waals surface area contributed by atoms with Crippen LogP contribution in [0.2, 0.25) is 5.02 Å². The number of hydrogen-bond acceptors (Lipinski definition) is 5. The van der Waals surface area contributed by atoms with Crippen LogP contribution in [0.4, 0.5) is 10.1 Å². The molecule has 37 heavy (non-hydrogen) atoms. The molecule has 0 saturated heterocycles. The number of aliphatic hydroxyl groups is 1. The Morgan fingerprint density at radius 3 is 2.57 bits per heavy atom. The van der Waals surface area contributed by atoms with Crippen molar-refractivity contribution in [2.24, 2.45) is 11.8 Å². The van der Waals surface area contributed by atoms with Gasteiger partial charge in [-0.1, -0.05) is 17.7 Å². The van der Waals surface area contributed by atoms with E-state index >= 15 is 0 Å². The molecule has 1 aromatic heterocycles. The number of halogens is 2. The highest BCUT2D eigenvalue weighted by molar-refractivity contribution is 6.31. The van der Waals surface area contributed by atoms with Gasteiger partial charge in [-0.25, -0.2) is 4.39 Å². The molecule has 1 heterocycles. The molecule has 7 heteroatoms. The Morgan fingerprint density at radius 2 is 1.89 bits per heavy atom. The summed E-state index contributed by atoms with van der Waals surface area (Å²) in [6.07, 6.45) is 7.86. The standard InChI is InChI=1S/C30H35ClFN3O2/c1-18-26(31)14-22(15-27(18)32)21-7-10-28-24(13-21)29(25(16-33-28)30(37)20-5-6-20)34-23-8-3-19(4-9-23)17-35(2)11-12-36/h7,10,13-16,19-20,23,36H,3-6,8-9,11-12,17H2,1-2H3,(H,33,34)/t19-,23-. The zero-order valence-electron chi connectivity index (χ0n) is 21.6. The Hall–Kier alpha value is -2.54. The molecule has 2 aliphatic rings. The zero-order chi connectivity index (χ0) is 26.1. The molecular formula is C30H35ClFN3O2. The molecule has 3 aromatic rings. The summed E-state index contributed by atoms with van der Waals surface area (Å²) < 4.78 is 14.5. The Balaban J connectivity index is 1.46. The molecule has 0 atom stereocenters. The number of aliphatic hydroxyl groups excluding tert-OH is 1. The van der Waals surface area contributed by atoms with Gasteiger partial charge in [0.2, 0.25) is 0 Å². The van der Waals surface area contributed by atoms with Crippen molar-refractivity contribution in [1.29, 1.82) is 0 Å². The van der Waals surface area contributed by atoms with E-state index < -0.39 is 0 Å². The normalized spacial score (nSPS) is 19.9. The van der Waals surface area contributed by atoms with Crippen LogP contribution >= 0.6 is 11.6 Å². The number of ketones is 1. The van der Waals surface area contributed by atoms with Crippen molar-refractivity contribution in [3.8, 4) is 11.1 Å². The Bertz CT molecular complexity index is 1280. The molecular weight excluding hydrogens is 489 g/mol. The molecule has 0 radical (unpaired) electrons. The summed E-state index contributed by atoms with van der Waals surface area (Å²) in [5.41, 5.74) is 4.29. The zero-order valence-corrected chi connectivity index (χ0v) is 22.3. The number of Topliss-reactive ketones (excluding diaryl/α,β-unsaturated/α-hetero) is 1. The summed E-state index contributed by atoms with van der Waals surface area (Å²) in [7, 11) is 2.06. The Labute approximate surface area is 223 Å². The number of fused-ring (bicyclic) bond motifs is 1. The fourth-order valence-corrected chi connectivity index (χ4v) is 5.70. The molecule has 0 spiro atoms. The largest absolute Gasteiger partial charge is 0.395 e. The lowest BCUT2D eigenvalue weighted by atomic mass is 9.85. The summed E-state index contributed by atoms with van der Waals surface area (Å²) in [6, 6.07) is 9.43. The van der Waals surface area contributed by atoms with E-state index in [4.69, 9.17) is 11.6 Å². The number of nitrogens with zero attached hydrogens (tertiary/aromatic N) is 2. The lowest BCUT2D eigenvalue weighted by Gasteiger charge is -2.32. The van der Waals surface area contributed by atoms with Gasteiger partial charge in [-0.3, -0.25) is 9.78 Å². The number of aromatic nitrogens is 1. The van der Waals surface area contributed by atoms with Gasteiger partial charge in [-0.15, -0.1) is 0 Å². The second kappa shape index (κ2) is 11.1. The fraction of sp³-hybridized carbons (Fsp3) is 0.467. The van der Waals surface area contributed by atoms with Crippen LogP contribution in [0.25, 0.3) is 22.0 Å². The first-order chi connectivity index (χ1) is 17.8. The van der Waals surface area contributed by atoms with Crippen LogP contribution in [-0.4, -0.2) is 53.6 Å². The number of pyridine rings is 1. The lowest BCUT2D eigenvalue weighted by Crippen LogP contribution is -2.33. The van der Waals surface area contributed by atoms with E-state index in [0.29, 0.717) is 34.2 Å². The average molecular weight is 524 g/mol.